The molecule has 154 valence electrons. The molecule has 3 aliphatic rings. The van der Waals surface area contributed by atoms with Gasteiger partial charge in [-0.3, -0.25) is 0 Å². The van der Waals surface area contributed by atoms with Gasteiger partial charge < -0.3 is 0 Å². The SMILES string of the molecule is CCCCCC[Si]1(CCCCCC)C2(c3ccccc3)C=CC(C=C2)[Si]1(C)C. The van der Waals surface area contributed by atoms with Gasteiger partial charge in [0.15, 0.2) is 0 Å². The van der Waals surface area contributed by atoms with E-state index in [2.05, 4.69) is 81.6 Å². The van der Waals surface area contributed by atoms with Crippen molar-refractivity contribution in [3.63, 3.8) is 0 Å². The van der Waals surface area contributed by atoms with E-state index in [-0.39, 0.29) is 5.04 Å². The Morgan fingerprint density at radius 2 is 1.29 bits per heavy atom. The Bertz CT molecular complexity index is 645. The number of hydrogen-bond donors (Lipinski definition) is 0. The van der Waals surface area contributed by atoms with Gasteiger partial charge in [-0.05, 0) is 11.1 Å². The second-order valence-electron chi connectivity index (χ2n) is 9.90. The van der Waals surface area contributed by atoms with Crippen molar-refractivity contribution in [1.29, 1.82) is 0 Å². The highest BCUT2D eigenvalue weighted by atomic mass is 29.3. The maximum atomic E-state index is 2.77. The molecular formula is C26H42Si2. The Hall–Kier alpha value is -0.866. The maximum absolute atomic E-state index is 2.77. The molecule has 2 bridgehead atoms. The van der Waals surface area contributed by atoms with Gasteiger partial charge in [-0.25, -0.2) is 0 Å². The molecule has 0 radical (unpaired) electrons. The topological polar surface area (TPSA) is 0 Å². The summed E-state index contributed by atoms with van der Waals surface area (Å²) in [6.45, 7) is 10.2. The Morgan fingerprint density at radius 1 is 0.750 bits per heavy atom. The molecule has 28 heavy (non-hydrogen) atoms. The third-order valence-corrected chi connectivity index (χ3v) is 28.4. The van der Waals surface area contributed by atoms with Crippen LogP contribution in [0.1, 0.15) is 70.8 Å². The first-order chi connectivity index (χ1) is 13.5. The van der Waals surface area contributed by atoms with Crippen molar-refractivity contribution < 1.29 is 0 Å². The van der Waals surface area contributed by atoms with Gasteiger partial charge in [0.25, 0.3) is 0 Å². The monoisotopic (exact) mass is 410 g/mol. The number of rotatable bonds is 11. The van der Waals surface area contributed by atoms with E-state index in [4.69, 9.17) is 0 Å². The molecule has 0 aromatic heterocycles. The molecule has 1 aromatic rings. The number of hydrogen-bond acceptors (Lipinski definition) is 0. The van der Waals surface area contributed by atoms with E-state index in [9.17, 15) is 0 Å². The first kappa shape index (κ1) is 21.8. The van der Waals surface area contributed by atoms with Crippen LogP contribution < -0.4 is 0 Å². The number of benzene rings is 1. The molecule has 0 N–H and O–H groups in total. The van der Waals surface area contributed by atoms with Crippen molar-refractivity contribution in [2.45, 2.75) is 101 Å². The van der Waals surface area contributed by atoms with Crippen LogP contribution in [0.4, 0.5) is 0 Å². The fraction of sp³-hybridized carbons (Fsp3) is 0.615. The highest BCUT2D eigenvalue weighted by Gasteiger charge is 2.64. The van der Waals surface area contributed by atoms with Crippen LogP contribution in [0.15, 0.2) is 54.6 Å². The molecule has 0 amide bonds. The fourth-order valence-electron chi connectivity index (χ4n) is 6.36. The van der Waals surface area contributed by atoms with Gasteiger partial charge in [0.2, 0.25) is 0 Å². The van der Waals surface area contributed by atoms with Crippen molar-refractivity contribution >= 4 is 15.2 Å². The highest BCUT2D eigenvalue weighted by Crippen LogP contribution is 2.58. The molecular weight excluding hydrogens is 368 g/mol. The summed E-state index contributed by atoms with van der Waals surface area (Å²) >= 11 is 0. The number of fused-ring (bicyclic) bond motifs is 1. The quantitative estimate of drug-likeness (QED) is 0.195. The Labute approximate surface area is 176 Å². The van der Waals surface area contributed by atoms with Crippen LogP contribution in [0.25, 0.3) is 0 Å². The van der Waals surface area contributed by atoms with E-state index in [0.717, 1.165) is 5.54 Å². The summed E-state index contributed by atoms with van der Waals surface area (Å²) in [6, 6.07) is 14.7. The van der Waals surface area contributed by atoms with Crippen LogP contribution in [0.5, 0.6) is 0 Å². The van der Waals surface area contributed by atoms with Crippen LogP contribution in [0.3, 0.4) is 0 Å². The van der Waals surface area contributed by atoms with E-state index < -0.39 is 15.2 Å². The summed E-state index contributed by atoms with van der Waals surface area (Å²) < 4.78 is 0. The molecule has 0 spiro atoms. The molecule has 0 nitrogen and oxygen atoms in total. The van der Waals surface area contributed by atoms with E-state index in [0.29, 0.717) is 0 Å². The molecule has 4 rings (SSSR count). The Kier molecular flexibility index (Phi) is 7.25. The lowest BCUT2D eigenvalue weighted by molar-refractivity contribution is 0.669. The van der Waals surface area contributed by atoms with Crippen LogP contribution in [-0.2, 0) is 5.04 Å². The average Bonchev–Trinajstić information content (AvgIpc) is 2.72. The van der Waals surface area contributed by atoms with Gasteiger partial charge in [-0.2, -0.15) is 0 Å². The van der Waals surface area contributed by atoms with Crippen molar-refractivity contribution in [2.75, 3.05) is 0 Å². The third kappa shape index (κ3) is 3.67. The summed E-state index contributed by atoms with van der Waals surface area (Å²) in [5.41, 5.74) is 2.38. The predicted octanol–water partition coefficient (Wildman–Crippen LogP) is 8.37. The fourth-order valence-corrected chi connectivity index (χ4v) is 26.4. The van der Waals surface area contributed by atoms with Crippen LogP contribution >= 0.6 is 0 Å². The summed E-state index contributed by atoms with van der Waals surface area (Å²) in [4.78, 5) is 0. The summed E-state index contributed by atoms with van der Waals surface area (Å²) in [5.74, 6) is 0. The standard InChI is InChI=1S/C26H42Si2/c1-5-7-9-14-22-28(23-15-10-8-6-2)26(24-16-12-11-13-17-24)20-18-25(19-21-26)27(28,3)4/h11-13,16-21,25H,5-10,14-15,22-23H2,1-4H3. The Morgan fingerprint density at radius 3 is 1.79 bits per heavy atom. The molecule has 2 heterocycles. The first-order valence-electron chi connectivity index (χ1n) is 12.0. The van der Waals surface area contributed by atoms with Crippen molar-refractivity contribution in [1.82, 2.24) is 0 Å². The van der Waals surface area contributed by atoms with Crippen molar-refractivity contribution in [2.24, 2.45) is 0 Å². The number of unbranched alkanes of at least 4 members (excludes halogenated alkanes) is 6. The van der Waals surface area contributed by atoms with E-state index in [1.54, 1.807) is 17.7 Å². The molecule has 1 aromatic carbocycles. The van der Waals surface area contributed by atoms with Gasteiger partial charge in [0.05, 0.1) is 15.2 Å². The second-order valence-corrected chi connectivity index (χ2v) is 24.7. The van der Waals surface area contributed by atoms with Crippen LogP contribution in [-0.4, -0.2) is 15.2 Å². The minimum absolute atomic E-state index is 0.261. The minimum atomic E-state index is -1.52. The van der Waals surface area contributed by atoms with Crippen LogP contribution in [0, 0.1) is 0 Å². The zero-order valence-corrected chi connectivity index (χ0v) is 20.8. The predicted molar refractivity (Wildman–Crippen MR) is 131 cm³/mol. The van der Waals surface area contributed by atoms with Gasteiger partial charge in [0, 0.05) is 5.04 Å². The molecule has 2 heteroatoms. The van der Waals surface area contributed by atoms with Gasteiger partial charge in [-0.1, -0.05) is 145 Å². The first-order valence-corrected chi connectivity index (χ1v) is 18.5. The lowest BCUT2D eigenvalue weighted by Crippen LogP contribution is -2.74. The van der Waals surface area contributed by atoms with E-state index >= 15 is 0 Å². The zero-order chi connectivity index (χ0) is 20.1. The lowest BCUT2D eigenvalue weighted by Gasteiger charge is -2.62. The largest absolute Gasteiger partial charge is 0.0837 e. The van der Waals surface area contributed by atoms with E-state index in [1.807, 2.05) is 0 Å². The highest BCUT2D eigenvalue weighted by molar-refractivity contribution is 7.44. The molecule has 0 fully saturated rings. The summed E-state index contributed by atoms with van der Waals surface area (Å²) in [7, 11) is -2.88. The lowest BCUT2D eigenvalue weighted by atomic mass is 9.93. The maximum Gasteiger partial charge on any atom is 0.0692 e. The Balaban J connectivity index is 2.03. The zero-order valence-electron chi connectivity index (χ0n) is 18.8. The van der Waals surface area contributed by atoms with E-state index in [1.165, 1.54) is 51.4 Å². The minimum Gasteiger partial charge on any atom is -0.0837 e. The van der Waals surface area contributed by atoms with Gasteiger partial charge in [-0.15, -0.1) is 0 Å². The molecule has 0 unspecified atom stereocenters. The molecule has 0 atom stereocenters. The molecule has 2 aliphatic heterocycles. The smallest absolute Gasteiger partial charge is 0.0692 e. The number of allylic oxidation sites excluding steroid dienone is 4. The van der Waals surface area contributed by atoms with Crippen molar-refractivity contribution in [3.05, 3.63) is 60.2 Å². The van der Waals surface area contributed by atoms with Gasteiger partial charge in [0.1, 0.15) is 0 Å². The third-order valence-electron chi connectivity index (χ3n) is 8.16. The van der Waals surface area contributed by atoms with Gasteiger partial charge >= 0.3 is 0 Å². The normalized spacial score (nSPS) is 26.6. The van der Waals surface area contributed by atoms with Crippen LogP contribution in [0.2, 0.25) is 30.7 Å². The summed E-state index contributed by atoms with van der Waals surface area (Å²) in [6.07, 6.45) is 21.9. The molecule has 0 saturated heterocycles. The average molecular weight is 411 g/mol. The molecule has 1 aliphatic carbocycles. The molecule has 0 saturated carbocycles. The second kappa shape index (κ2) is 9.30. The summed E-state index contributed by atoms with van der Waals surface area (Å²) in [5, 5.41) is 0.261. The van der Waals surface area contributed by atoms with Crippen molar-refractivity contribution in [3.8, 4) is 0 Å².